The molecule has 0 aliphatic heterocycles. The Labute approximate surface area is 113 Å². The van der Waals surface area contributed by atoms with Crippen LogP contribution in [0.5, 0.6) is 5.75 Å². The number of nitrogens with zero attached hydrogens (tertiary/aromatic N) is 1. The van der Waals surface area contributed by atoms with Gasteiger partial charge in [0.1, 0.15) is 5.75 Å². The lowest BCUT2D eigenvalue weighted by atomic mass is 10.2. The van der Waals surface area contributed by atoms with E-state index in [1.54, 1.807) is 12.1 Å². The minimum atomic E-state index is -0.418. The second-order valence-electron chi connectivity index (χ2n) is 4.13. The maximum Gasteiger partial charge on any atom is 0.273 e. The van der Waals surface area contributed by atoms with Gasteiger partial charge in [-0.05, 0) is 31.0 Å². The summed E-state index contributed by atoms with van der Waals surface area (Å²) in [6.07, 6.45) is 7.93. The molecule has 0 heterocycles. The molecule has 0 unspecified atom stereocenters. The van der Waals surface area contributed by atoms with Crippen molar-refractivity contribution in [2.24, 2.45) is 0 Å². The molecule has 1 aromatic carbocycles. The van der Waals surface area contributed by atoms with Crippen LogP contribution in [-0.4, -0.2) is 18.6 Å². The molecule has 0 fully saturated rings. The van der Waals surface area contributed by atoms with Crippen molar-refractivity contribution >= 4 is 5.69 Å². The molecule has 0 aromatic heterocycles. The minimum Gasteiger partial charge on any atom is -0.496 e. The highest BCUT2D eigenvalue weighted by Crippen LogP contribution is 2.22. The fourth-order valence-electron chi connectivity index (χ4n) is 1.68. The third-order valence-corrected chi connectivity index (χ3v) is 2.65. The summed E-state index contributed by atoms with van der Waals surface area (Å²) < 4.78 is 5.05. The lowest BCUT2D eigenvalue weighted by Crippen LogP contribution is -2.14. The number of ether oxygens (including phenoxy) is 1. The van der Waals surface area contributed by atoms with Gasteiger partial charge in [0.2, 0.25) is 0 Å². The van der Waals surface area contributed by atoms with Crippen LogP contribution in [0.4, 0.5) is 5.69 Å². The molecule has 0 aliphatic carbocycles. The van der Waals surface area contributed by atoms with Crippen LogP contribution in [-0.2, 0) is 6.54 Å². The van der Waals surface area contributed by atoms with Crippen molar-refractivity contribution in [3.63, 3.8) is 0 Å². The summed E-state index contributed by atoms with van der Waals surface area (Å²) in [6.45, 7) is 1.42. The van der Waals surface area contributed by atoms with Crippen LogP contribution in [0.25, 0.3) is 0 Å². The molecule has 0 bridgehead atoms. The molecule has 0 saturated carbocycles. The minimum absolute atomic E-state index is 0.0449. The van der Waals surface area contributed by atoms with Gasteiger partial charge in [-0.2, -0.15) is 0 Å². The van der Waals surface area contributed by atoms with Crippen molar-refractivity contribution in [3.8, 4) is 18.1 Å². The largest absolute Gasteiger partial charge is 0.496 e. The first-order chi connectivity index (χ1) is 9.17. The van der Waals surface area contributed by atoms with E-state index in [1.807, 2.05) is 0 Å². The lowest BCUT2D eigenvalue weighted by Gasteiger charge is -2.06. The summed E-state index contributed by atoms with van der Waals surface area (Å²) >= 11 is 0. The SMILES string of the molecule is C#CCCCCNCc1cc(OC)cc([N+](=O)[O-])c1. The van der Waals surface area contributed by atoms with Gasteiger partial charge in [0.25, 0.3) is 5.69 Å². The highest BCUT2D eigenvalue weighted by Gasteiger charge is 2.09. The molecule has 0 aliphatic rings. The normalized spacial score (nSPS) is 9.89. The van der Waals surface area contributed by atoms with E-state index < -0.39 is 4.92 Å². The third-order valence-electron chi connectivity index (χ3n) is 2.65. The van der Waals surface area contributed by atoms with E-state index in [1.165, 1.54) is 13.2 Å². The molecule has 0 amide bonds. The number of non-ortho nitro benzene ring substituents is 1. The number of hydrogen-bond acceptors (Lipinski definition) is 4. The first-order valence-electron chi connectivity index (χ1n) is 6.14. The Kier molecular flexibility index (Phi) is 6.41. The van der Waals surface area contributed by atoms with Crippen LogP contribution in [0, 0.1) is 22.5 Å². The van der Waals surface area contributed by atoms with Crippen molar-refractivity contribution in [3.05, 3.63) is 33.9 Å². The quantitative estimate of drug-likeness (QED) is 0.338. The zero-order valence-electron chi connectivity index (χ0n) is 11.0. The third kappa shape index (κ3) is 5.40. The molecule has 102 valence electrons. The van der Waals surface area contributed by atoms with Gasteiger partial charge >= 0.3 is 0 Å². The van der Waals surface area contributed by atoms with Gasteiger partial charge in [-0.25, -0.2) is 0 Å². The number of nitro groups is 1. The van der Waals surface area contributed by atoms with Gasteiger partial charge in [0.15, 0.2) is 0 Å². The predicted octanol–water partition coefficient (Wildman–Crippen LogP) is 2.50. The van der Waals surface area contributed by atoms with Crippen molar-refractivity contribution in [2.45, 2.75) is 25.8 Å². The molecule has 1 aromatic rings. The van der Waals surface area contributed by atoms with Gasteiger partial charge in [-0.15, -0.1) is 12.3 Å². The van der Waals surface area contributed by atoms with E-state index in [0.29, 0.717) is 12.3 Å². The maximum atomic E-state index is 10.8. The molecule has 1 rings (SSSR count). The summed E-state index contributed by atoms with van der Waals surface area (Å²) in [7, 11) is 1.50. The number of unbranched alkanes of at least 4 members (excludes halogenated alkanes) is 2. The summed E-state index contributed by atoms with van der Waals surface area (Å²) in [5.74, 6) is 3.09. The molecule has 0 radical (unpaired) electrons. The van der Waals surface area contributed by atoms with Gasteiger partial charge in [-0.1, -0.05) is 0 Å². The van der Waals surface area contributed by atoms with Gasteiger partial charge in [0, 0.05) is 19.0 Å². The van der Waals surface area contributed by atoms with Crippen molar-refractivity contribution in [2.75, 3.05) is 13.7 Å². The lowest BCUT2D eigenvalue weighted by molar-refractivity contribution is -0.385. The maximum absolute atomic E-state index is 10.8. The first-order valence-corrected chi connectivity index (χ1v) is 6.14. The average Bonchev–Trinajstić information content (AvgIpc) is 2.42. The van der Waals surface area contributed by atoms with Gasteiger partial charge in [-0.3, -0.25) is 10.1 Å². The Morgan fingerprint density at radius 1 is 1.42 bits per heavy atom. The molecular weight excluding hydrogens is 244 g/mol. The Bertz CT molecular complexity index is 466. The summed E-state index contributed by atoms with van der Waals surface area (Å²) in [4.78, 5) is 10.4. The summed E-state index contributed by atoms with van der Waals surface area (Å²) in [5.41, 5.74) is 0.881. The highest BCUT2D eigenvalue weighted by molar-refractivity contribution is 5.42. The number of nitrogens with one attached hydrogen (secondary N) is 1. The predicted molar refractivity (Wildman–Crippen MR) is 74.0 cm³/mol. The highest BCUT2D eigenvalue weighted by atomic mass is 16.6. The molecule has 19 heavy (non-hydrogen) atoms. The van der Waals surface area contributed by atoms with Crippen LogP contribution in [0.1, 0.15) is 24.8 Å². The van der Waals surface area contributed by atoms with Crippen molar-refractivity contribution < 1.29 is 9.66 Å². The topological polar surface area (TPSA) is 64.4 Å². The van der Waals surface area contributed by atoms with E-state index in [2.05, 4.69) is 11.2 Å². The molecule has 5 heteroatoms. The molecule has 1 N–H and O–H groups in total. The first kappa shape index (κ1) is 15.0. The second kappa shape index (κ2) is 8.11. The zero-order valence-corrected chi connectivity index (χ0v) is 11.0. The number of terminal acetylenes is 1. The number of benzene rings is 1. The molecule has 0 spiro atoms. The van der Waals surface area contributed by atoms with Crippen LogP contribution in [0.15, 0.2) is 18.2 Å². The summed E-state index contributed by atoms with van der Waals surface area (Å²) in [5, 5.41) is 14.0. The molecule has 0 atom stereocenters. The van der Waals surface area contributed by atoms with E-state index in [0.717, 1.165) is 31.4 Å². The Hall–Kier alpha value is -2.06. The van der Waals surface area contributed by atoms with E-state index in [9.17, 15) is 10.1 Å². The fraction of sp³-hybridized carbons (Fsp3) is 0.429. The van der Waals surface area contributed by atoms with E-state index >= 15 is 0 Å². The monoisotopic (exact) mass is 262 g/mol. The average molecular weight is 262 g/mol. The van der Waals surface area contributed by atoms with Gasteiger partial charge < -0.3 is 10.1 Å². The van der Waals surface area contributed by atoms with Crippen LogP contribution in [0.3, 0.4) is 0 Å². The van der Waals surface area contributed by atoms with Crippen molar-refractivity contribution in [1.29, 1.82) is 0 Å². The fourth-order valence-corrected chi connectivity index (χ4v) is 1.68. The van der Waals surface area contributed by atoms with E-state index in [4.69, 9.17) is 11.2 Å². The van der Waals surface area contributed by atoms with Crippen LogP contribution in [0.2, 0.25) is 0 Å². The summed E-state index contributed by atoms with van der Waals surface area (Å²) in [6, 6.07) is 4.76. The number of rotatable bonds is 8. The van der Waals surface area contributed by atoms with Crippen molar-refractivity contribution in [1.82, 2.24) is 5.32 Å². The smallest absolute Gasteiger partial charge is 0.273 e. The molecule has 0 saturated heterocycles. The standard InChI is InChI=1S/C14H18N2O3/c1-3-4-5-6-7-15-11-12-8-13(16(17)18)10-14(9-12)19-2/h1,8-10,15H,4-7,11H2,2H3. The Morgan fingerprint density at radius 3 is 2.84 bits per heavy atom. The van der Waals surface area contributed by atoms with Crippen LogP contribution >= 0.6 is 0 Å². The Balaban J connectivity index is 2.51. The number of methoxy groups -OCH3 is 1. The van der Waals surface area contributed by atoms with E-state index in [-0.39, 0.29) is 5.69 Å². The zero-order chi connectivity index (χ0) is 14.1. The molecule has 5 nitrogen and oxygen atoms in total. The van der Waals surface area contributed by atoms with Crippen LogP contribution < -0.4 is 10.1 Å². The molecular formula is C14H18N2O3. The Morgan fingerprint density at radius 2 is 2.21 bits per heavy atom. The number of hydrogen-bond donors (Lipinski definition) is 1. The number of nitro benzene ring substituents is 1. The second-order valence-corrected chi connectivity index (χ2v) is 4.13. The van der Waals surface area contributed by atoms with Gasteiger partial charge in [0.05, 0.1) is 18.1 Å².